The van der Waals surface area contributed by atoms with E-state index in [0.29, 0.717) is 27.1 Å². The van der Waals surface area contributed by atoms with Gasteiger partial charge in [0.25, 0.3) is 0 Å². The first-order chi connectivity index (χ1) is 10.2. The topological polar surface area (TPSA) is 33.0 Å². The summed E-state index contributed by atoms with van der Waals surface area (Å²) < 4.78 is 5.88. The van der Waals surface area contributed by atoms with Crippen molar-refractivity contribution in [1.29, 1.82) is 5.26 Å². The fourth-order valence-corrected chi connectivity index (χ4v) is 2.58. The second kappa shape index (κ2) is 5.65. The van der Waals surface area contributed by atoms with Crippen LogP contribution in [0.2, 0.25) is 10.0 Å². The van der Waals surface area contributed by atoms with Crippen molar-refractivity contribution in [2.45, 2.75) is 0 Å². The van der Waals surface area contributed by atoms with Gasteiger partial charge in [-0.2, -0.15) is 5.26 Å². The Hall–Kier alpha value is -2.21. The molecular formula is C17H9Cl2NO. The van der Waals surface area contributed by atoms with Crippen molar-refractivity contribution in [3.05, 3.63) is 70.2 Å². The monoisotopic (exact) mass is 313 g/mol. The van der Waals surface area contributed by atoms with Crippen LogP contribution in [0.4, 0.5) is 0 Å². The van der Waals surface area contributed by atoms with Crippen molar-refractivity contribution >= 4 is 34.0 Å². The van der Waals surface area contributed by atoms with E-state index in [-0.39, 0.29) is 0 Å². The molecular weight excluding hydrogens is 305 g/mol. The number of fused-ring (bicyclic) bond motifs is 1. The van der Waals surface area contributed by atoms with E-state index in [0.717, 1.165) is 10.8 Å². The fourth-order valence-electron chi connectivity index (χ4n) is 2.13. The molecule has 0 heterocycles. The maximum atomic E-state index is 9.16. The number of ether oxygens (including phenoxy) is 1. The SMILES string of the molecule is N#Cc1ccc(Oc2ccc(Cl)cc2Cl)c2ccccc12. The van der Waals surface area contributed by atoms with Crippen molar-refractivity contribution in [2.75, 3.05) is 0 Å². The van der Waals surface area contributed by atoms with Gasteiger partial charge in [0, 0.05) is 15.8 Å². The normalized spacial score (nSPS) is 10.3. The Morgan fingerprint density at radius 3 is 2.29 bits per heavy atom. The summed E-state index contributed by atoms with van der Waals surface area (Å²) in [7, 11) is 0. The van der Waals surface area contributed by atoms with Gasteiger partial charge < -0.3 is 4.74 Å². The molecule has 0 atom stereocenters. The first-order valence-corrected chi connectivity index (χ1v) is 6.99. The maximum absolute atomic E-state index is 9.16. The second-order valence-corrected chi connectivity index (χ2v) is 5.29. The highest BCUT2D eigenvalue weighted by atomic mass is 35.5. The lowest BCUT2D eigenvalue weighted by Crippen LogP contribution is -1.89. The van der Waals surface area contributed by atoms with Crippen molar-refractivity contribution < 1.29 is 4.74 Å². The van der Waals surface area contributed by atoms with Gasteiger partial charge in [-0.1, -0.05) is 47.5 Å². The summed E-state index contributed by atoms with van der Waals surface area (Å²) in [6.07, 6.45) is 0. The van der Waals surface area contributed by atoms with E-state index in [1.165, 1.54) is 0 Å². The van der Waals surface area contributed by atoms with Gasteiger partial charge in [0.2, 0.25) is 0 Å². The summed E-state index contributed by atoms with van der Waals surface area (Å²) in [5.74, 6) is 1.17. The van der Waals surface area contributed by atoms with Crippen LogP contribution in [-0.2, 0) is 0 Å². The lowest BCUT2D eigenvalue weighted by atomic mass is 10.0. The lowest BCUT2D eigenvalue weighted by molar-refractivity contribution is 0.488. The van der Waals surface area contributed by atoms with Crippen molar-refractivity contribution in [3.8, 4) is 17.6 Å². The Bertz CT molecular complexity index is 868. The molecule has 4 heteroatoms. The molecule has 0 aliphatic carbocycles. The van der Waals surface area contributed by atoms with Crippen LogP contribution in [0, 0.1) is 11.3 Å². The first kappa shape index (κ1) is 13.8. The molecule has 3 rings (SSSR count). The highest BCUT2D eigenvalue weighted by Gasteiger charge is 2.09. The van der Waals surface area contributed by atoms with Gasteiger partial charge in [-0.15, -0.1) is 0 Å². The van der Waals surface area contributed by atoms with Gasteiger partial charge in [0.1, 0.15) is 11.5 Å². The van der Waals surface area contributed by atoms with Crippen LogP contribution in [0.1, 0.15) is 5.56 Å². The molecule has 0 bridgehead atoms. The second-order valence-electron chi connectivity index (χ2n) is 4.45. The smallest absolute Gasteiger partial charge is 0.146 e. The molecule has 0 aromatic heterocycles. The minimum absolute atomic E-state index is 0.441. The third kappa shape index (κ3) is 2.67. The molecule has 0 unspecified atom stereocenters. The lowest BCUT2D eigenvalue weighted by Gasteiger charge is -2.11. The quantitative estimate of drug-likeness (QED) is 0.598. The Balaban J connectivity index is 2.12. The summed E-state index contributed by atoms with van der Waals surface area (Å²) in [6.45, 7) is 0. The molecule has 0 aliphatic rings. The number of benzene rings is 3. The number of halogens is 2. The van der Waals surface area contributed by atoms with E-state index in [4.69, 9.17) is 33.2 Å². The molecule has 21 heavy (non-hydrogen) atoms. The summed E-state index contributed by atoms with van der Waals surface area (Å²) in [6, 6.07) is 18.4. The standard InChI is InChI=1S/C17H9Cl2NO/c18-12-6-8-17(15(19)9-12)21-16-7-5-11(10-20)13-3-1-2-4-14(13)16/h1-9H. The van der Waals surface area contributed by atoms with Crippen molar-refractivity contribution in [2.24, 2.45) is 0 Å². The maximum Gasteiger partial charge on any atom is 0.146 e. The van der Waals surface area contributed by atoms with Gasteiger partial charge in [-0.3, -0.25) is 0 Å². The third-order valence-corrected chi connectivity index (χ3v) is 3.65. The largest absolute Gasteiger partial charge is 0.455 e. The Morgan fingerprint density at radius 2 is 1.57 bits per heavy atom. The van der Waals surface area contributed by atoms with Crippen molar-refractivity contribution in [1.82, 2.24) is 0 Å². The summed E-state index contributed by atoms with van der Waals surface area (Å²) >= 11 is 12.0. The molecule has 0 saturated heterocycles. The predicted molar refractivity (Wildman–Crippen MR) is 85.2 cm³/mol. The molecule has 0 spiro atoms. The van der Waals surface area contributed by atoms with E-state index in [1.807, 2.05) is 24.3 Å². The zero-order chi connectivity index (χ0) is 14.8. The third-order valence-electron chi connectivity index (χ3n) is 3.12. The minimum Gasteiger partial charge on any atom is -0.455 e. The van der Waals surface area contributed by atoms with Gasteiger partial charge >= 0.3 is 0 Å². The predicted octanol–water partition coefficient (Wildman–Crippen LogP) is 5.81. The van der Waals surface area contributed by atoms with Gasteiger partial charge in [-0.25, -0.2) is 0 Å². The number of hydrogen-bond donors (Lipinski definition) is 0. The molecule has 0 saturated carbocycles. The van der Waals surface area contributed by atoms with Crippen LogP contribution in [0.15, 0.2) is 54.6 Å². The van der Waals surface area contributed by atoms with E-state index in [2.05, 4.69) is 6.07 Å². The number of rotatable bonds is 2. The Kier molecular flexibility index (Phi) is 3.70. The average molecular weight is 314 g/mol. The molecule has 0 aliphatic heterocycles. The number of hydrogen-bond acceptors (Lipinski definition) is 2. The molecule has 2 nitrogen and oxygen atoms in total. The van der Waals surface area contributed by atoms with Crippen LogP contribution < -0.4 is 4.74 Å². The molecule has 0 amide bonds. The number of nitrogens with zero attached hydrogens (tertiary/aromatic N) is 1. The van der Waals surface area contributed by atoms with Crippen LogP contribution in [-0.4, -0.2) is 0 Å². The summed E-state index contributed by atoms with van der Waals surface area (Å²) in [4.78, 5) is 0. The van der Waals surface area contributed by atoms with Crippen LogP contribution in [0.25, 0.3) is 10.8 Å². The molecule has 102 valence electrons. The molecule has 3 aromatic carbocycles. The molecule has 0 N–H and O–H groups in total. The fraction of sp³-hybridized carbons (Fsp3) is 0. The summed E-state index contributed by atoms with van der Waals surface area (Å²) in [5, 5.41) is 11.9. The van der Waals surface area contributed by atoms with E-state index >= 15 is 0 Å². The minimum atomic E-state index is 0.441. The highest BCUT2D eigenvalue weighted by Crippen LogP contribution is 2.35. The van der Waals surface area contributed by atoms with E-state index < -0.39 is 0 Å². The Labute approximate surface area is 132 Å². The van der Waals surface area contributed by atoms with Gasteiger partial charge in [-0.05, 0) is 30.3 Å². The highest BCUT2D eigenvalue weighted by molar-refractivity contribution is 6.35. The van der Waals surface area contributed by atoms with Gasteiger partial charge in [0.15, 0.2) is 0 Å². The van der Waals surface area contributed by atoms with Gasteiger partial charge in [0.05, 0.1) is 16.7 Å². The molecule has 0 radical (unpaired) electrons. The zero-order valence-corrected chi connectivity index (χ0v) is 12.3. The van der Waals surface area contributed by atoms with Crippen LogP contribution >= 0.6 is 23.2 Å². The van der Waals surface area contributed by atoms with Crippen molar-refractivity contribution in [3.63, 3.8) is 0 Å². The van der Waals surface area contributed by atoms with E-state index in [1.54, 1.807) is 30.3 Å². The van der Waals surface area contributed by atoms with Crippen LogP contribution in [0.3, 0.4) is 0 Å². The summed E-state index contributed by atoms with van der Waals surface area (Å²) in [5.41, 5.74) is 0.611. The molecule has 0 fully saturated rings. The zero-order valence-electron chi connectivity index (χ0n) is 10.8. The average Bonchev–Trinajstić information content (AvgIpc) is 2.50. The number of nitriles is 1. The molecule has 3 aromatic rings. The first-order valence-electron chi connectivity index (χ1n) is 6.24. The Morgan fingerprint density at radius 1 is 0.857 bits per heavy atom. The van der Waals surface area contributed by atoms with Crippen LogP contribution in [0.5, 0.6) is 11.5 Å². The van der Waals surface area contributed by atoms with E-state index in [9.17, 15) is 0 Å².